The van der Waals surface area contributed by atoms with Crippen LogP contribution in [0, 0.1) is 17.2 Å². The Morgan fingerprint density at radius 3 is 2.93 bits per heavy atom. The molecule has 1 fully saturated rings. The third-order valence-corrected chi connectivity index (χ3v) is 7.60. The van der Waals surface area contributed by atoms with Gasteiger partial charge in [-0.25, -0.2) is 8.42 Å². The van der Waals surface area contributed by atoms with E-state index in [9.17, 15) is 13.2 Å². The Kier molecular flexibility index (Phi) is 6.05. The quantitative estimate of drug-likeness (QED) is 0.709. The van der Waals surface area contributed by atoms with Gasteiger partial charge in [0.1, 0.15) is 5.82 Å². The number of thioether (sulfide) groups is 1. The van der Waals surface area contributed by atoms with Crippen molar-refractivity contribution in [3.05, 3.63) is 35.7 Å². The summed E-state index contributed by atoms with van der Waals surface area (Å²) >= 11 is 1.28. The van der Waals surface area contributed by atoms with E-state index >= 15 is 0 Å². The second-order valence-electron chi connectivity index (χ2n) is 6.87. The molecule has 2 heterocycles. The summed E-state index contributed by atoms with van der Waals surface area (Å²) in [7, 11) is -1.10. The third kappa shape index (κ3) is 4.91. The number of sulfone groups is 1. The maximum absolute atomic E-state index is 12.4. The van der Waals surface area contributed by atoms with Gasteiger partial charge in [0.25, 0.3) is 0 Å². The highest BCUT2D eigenvalue weighted by molar-refractivity contribution is 8.00. The van der Waals surface area contributed by atoms with Crippen LogP contribution in [0.4, 0.5) is 5.69 Å². The molecule has 0 radical (unpaired) electrons. The molecular formula is C18H21N5O3S2. The van der Waals surface area contributed by atoms with Crippen LogP contribution in [0.2, 0.25) is 0 Å². The van der Waals surface area contributed by atoms with Crippen molar-refractivity contribution in [2.24, 2.45) is 13.0 Å². The van der Waals surface area contributed by atoms with E-state index in [4.69, 9.17) is 5.26 Å². The second-order valence-corrected chi connectivity index (χ2v) is 10.4. The largest absolute Gasteiger partial charge is 0.325 e. The minimum Gasteiger partial charge on any atom is -0.325 e. The number of rotatable bonds is 6. The first-order chi connectivity index (χ1) is 13.3. The van der Waals surface area contributed by atoms with Gasteiger partial charge in [0.05, 0.1) is 28.4 Å². The monoisotopic (exact) mass is 419 g/mol. The number of hydrogen-bond donors (Lipinski definition) is 1. The average Bonchev–Trinajstić information content (AvgIpc) is 3.18. The number of nitriles is 1. The Balaban J connectivity index is 1.61. The normalized spacial score (nSPS) is 19.1. The molecule has 0 saturated carbocycles. The number of hydrogen-bond acceptors (Lipinski definition) is 7. The predicted octanol–water partition coefficient (Wildman–Crippen LogP) is 1.78. The molecule has 0 aliphatic carbocycles. The molecule has 28 heavy (non-hydrogen) atoms. The van der Waals surface area contributed by atoms with Gasteiger partial charge >= 0.3 is 0 Å². The first kappa shape index (κ1) is 20.4. The SMILES string of the molecule is C[C@H](Sc1nnc(C[C@@H]2CCS(=O)(=O)C2)n1C)C(=O)Nc1cccc(C#N)c1. The number of nitrogens with one attached hydrogen (secondary N) is 1. The van der Waals surface area contributed by atoms with Crippen LogP contribution in [-0.2, 0) is 28.1 Å². The van der Waals surface area contributed by atoms with Crippen LogP contribution in [0.1, 0.15) is 24.7 Å². The highest BCUT2D eigenvalue weighted by Gasteiger charge is 2.29. The molecule has 1 aliphatic rings. The highest BCUT2D eigenvalue weighted by Crippen LogP contribution is 2.26. The van der Waals surface area contributed by atoms with Crippen LogP contribution in [0.25, 0.3) is 0 Å². The predicted molar refractivity (Wildman–Crippen MR) is 107 cm³/mol. The highest BCUT2D eigenvalue weighted by atomic mass is 32.2. The van der Waals surface area contributed by atoms with Gasteiger partial charge in [0.2, 0.25) is 5.91 Å². The van der Waals surface area contributed by atoms with Crippen molar-refractivity contribution < 1.29 is 13.2 Å². The number of carbonyl (C=O) groups is 1. The van der Waals surface area contributed by atoms with E-state index in [-0.39, 0.29) is 23.3 Å². The lowest BCUT2D eigenvalue weighted by Gasteiger charge is -2.12. The van der Waals surface area contributed by atoms with Gasteiger partial charge in [0.15, 0.2) is 15.0 Å². The molecule has 1 aromatic carbocycles. The van der Waals surface area contributed by atoms with E-state index in [0.717, 1.165) is 5.82 Å². The van der Waals surface area contributed by atoms with Gasteiger partial charge in [0, 0.05) is 19.2 Å². The van der Waals surface area contributed by atoms with Crippen LogP contribution in [-0.4, -0.2) is 45.8 Å². The van der Waals surface area contributed by atoms with E-state index in [1.165, 1.54) is 11.8 Å². The summed E-state index contributed by atoms with van der Waals surface area (Å²) in [6.07, 6.45) is 1.21. The van der Waals surface area contributed by atoms with Gasteiger partial charge in [-0.05, 0) is 37.5 Å². The first-order valence-corrected chi connectivity index (χ1v) is 11.5. The summed E-state index contributed by atoms with van der Waals surface area (Å²) in [6.45, 7) is 1.77. The van der Waals surface area contributed by atoms with Crippen molar-refractivity contribution in [3.8, 4) is 6.07 Å². The fourth-order valence-corrected chi connectivity index (χ4v) is 5.73. The lowest BCUT2D eigenvalue weighted by atomic mass is 10.1. The molecule has 2 atom stereocenters. The molecule has 8 nitrogen and oxygen atoms in total. The second kappa shape index (κ2) is 8.32. The van der Waals surface area contributed by atoms with Crippen molar-refractivity contribution in [2.45, 2.75) is 30.2 Å². The van der Waals surface area contributed by atoms with Gasteiger partial charge in [-0.2, -0.15) is 5.26 Å². The number of amides is 1. The minimum atomic E-state index is -2.92. The van der Waals surface area contributed by atoms with Gasteiger partial charge in [-0.1, -0.05) is 17.8 Å². The summed E-state index contributed by atoms with van der Waals surface area (Å²) in [5, 5.41) is 20.2. The van der Waals surface area contributed by atoms with Crippen molar-refractivity contribution in [1.82, 2.24) is 14.8 Å². The Morgan fingerprint density at radius 2 is 2.25 bits per heavy atom. The van der Waals surface area contributed by atoms with Crippen LogP contribution >= 0.6 is 11.8 Å². The number of aromatic nitrogens is 3. The zero-order chi connectivity index (χ0) is 20.3. The average molecular weight is 420 g/mol. The molecule has 1 aromatic heterocycles. The molecule has 0 spiro atoms. The van der Waals surface area contributed by atoms with E-state index < -0.39 is 15.1 Å². The zero-order valence-corrected chi connectivity index (χ0v) is 17.3. The summed E-state index contributed by atoms with van der Waals surface area (Å²) < 4.78 is 25.1. The van der Waals surface area contributed by atoms with Crippen molar-refractivity contribution in [1.29, 1.82) is 5.26 Å². The molecule has 2 aromatic rings. The Bertz CT molecular complexity index is 1030. The molecule has 0 bridgehead atoms. The van der Waals surface area contributed by atoms with Gasteiger partial charge in [-0.3, -0.25) is 4.79 Å². The van der Waals surface area contributed by atoms with E-state index in [1.807, 2.05) is 17.7 Å². The van der Waals surface area contributed by atoms with Crippen molar-refractivity contribution in [3.63, 3.8) is 0 Å². The minimum absolute atomic E-state index is 0.0684. The zero-order valence-electron chi connectivity index (χ0n) is 15.6. The number of benzene rings is 1. The summed E-state index contributed by atoms with van der Waals surface area (Å²) in [5.41, 5.74) is 1.04. The summed E-state index contributed by atoms with van der Waals surface area (Å²) in [5.74, 6) is 1.02. The lowest BCUT2D eigenvalue weighted by molar-refractivity contribution is -0.115. The molecule has 3 rings (SSSR count). The number of carbonyl (C=O) groups excluding carboxylic acids is 1. The molecule has 1 N–H and O–H groups in total. The molecule has 0 unspecified atom stereocenters. The topological polar surface area (TPSA) is 118 Å². The maximum atomic E-state index is 12.4. The number of anilines is 1. The standard InChI is InChI=1S/C18H21N5O3S2/c1-12(17(24)20-15-5-3-4-13(8-15)10-19)27-18-22-21-16(23(18)2)9-14-6-7-28(25,26)11-14/h3-5,8,12,14H,6-7,9,11H2,1-2H3,(H,20,24)/t12-,14-/m0/s1. The third-order valence-electron chi connectivity index (χ3n) is 4.63. The molecule has 1 amide bonds. The van der Waals surface area contributed by atoms with E-state index in [2.05, 4.69) is 15.5 Å². The Morgan fingerprint density at radius 1 is 1.46 bits per heavy atom. The van der Waals surface area contributed by atoms with Crippen LogP contribution in [0.3, 0.4) is 0 Å². The molecule has 148 valence electrons. The Labute approximate surface area is 168 Å². The van der Waals surface area contributed by atoms with Crippen molar-refractivity contribution in [2.75, 3.05) is 16.8 Å². The number of nitrogens with zero attached hydrogens (tertiary/aromatic N) is 4. The van der Waals surface area contributed by atoms with E-state index in [0.29, 0.717) is 29.2 Å². The summed E-state index contributed by atoms with van der Waals surface area (Å²) in [4.78, 5) is 12.4. The molecule has 10 heteroatoms. The van der Waals surface area contributed by atoms with Crippen LogP contribution in [0.15, 0.2) is 29.4 Å². The fourth-order valence-electron chi connectivity index (χ4n) is 3.04. The van der Waals surface area contributed by atoms with Gasteiger partial charge in [-0.15, -0.1) is 10.2 Å². The van der Waals surface area contributed by atoms with E-state index in [1.54, 1.807) is 31.2 Å². The lowest BCUT2D eigenvalue weighted by Crippen LogP contribution is -2.23. The first-order valence-electron chi connectivity index (χ1n) is 8.84. The van der Waals surface area contributed by atoms with Crippen molar-refractivity contribution >= 4 is 33.2 Å². The van der Waals surface area contributed by atoms with Crippen LogP contribution < -0.4 is 5.32 Å². The summed E-state index contributed by atoms with van der Waals surface area (Å²) in [6, 6.07) is 8.77. The molecule has 1 saturated heterocycles. The Hall–Kier alpha value is -2.38. The molecular weight excluding hydrogens is 398 g/mol. The molecule has 1 aliphatic heterocycles. The van der Waals surface area contributed by atoms with Crippen LogP contribution in [0.5, 0.6) is 0 Å². The smallest absolute Gasteiger partial charge is 0.237 e. The van der Waals surface area contributed by atoms with Gasteiger partial charge < -0.3 is 9.88 Å². The maximum Gasteiger partial charge on any atom is 0.237 e. The fraction of sp³-hybridized carbons (Fsp3) is 0.444.